The number of hydrogen-bond acceptors (Lipinski definition) is 3. The highest BCUT2D eigenvalue weighted by atomic mass is 16.6. The van der Waals surface area contributed by atoms with Crippen LogP contribution in [-0.4, -0.2) is 18.0 Å². The van der Waals surface area contributed by atoms with Crippen LogP contribution >= 0.6 is 0 Å². The Morgan fingerprint density at radius 1 is 1.25 bits per heavy atom. The third kappa shape index (κ3) is 1.67. The van der Waals surface area contributed by atoms with E-state index in [-0.39, 0.29) is 29.8 Å². The van der Waals surface area contributed by atoms with Crippen molar-refractivity contribution in [2.24, 2.45) is 23.7 Å². The summed E-state index contributed by atoms with van der Waals surface area (Å²) in [6.45, 7) is 0.527. The summed E-state index contributed by atoms with van der Waals surface area (Å²) >= 11 is 0. The fourth-order valence-electron chi connectivity index (χ4n) is 4.27. The summed E-state index contributed by atoms with van der Waals surface area (Å²) in [6, 6.07) is 9.84. The molecule has 5 unspecified atom stereocenters. The van der Waals surface area contributed by atoms with E-state index >= 15 is 0 Å². The van der Waals surface area contributed by atoms with Crippen LogP contribution in [0.15, 0.2) is 30.3 Å². The van der Waals surface area contributed by atoms with Crippen LogP contribution in [-0.2, 0) is 20.9 Å². The summed E-state index contributed by atoms with van der Waals surface area (Å²) in [5.74, 6) is 0.130. The molecule has 1 aliphatic heterocycles. The lowest BCUT2D eigenvalue weighted by molar-refractivity contribution is -0.146. The van der Waals surface area contributed by atoms with Crippen molar-refractivity contribution < 1.29 is 14.3 Å². The standard InChI is InChI=1S/C16H17NO3/c18-15(17-8-9-4-2-1-3-5-9)13-10-6-11-12(7-10)20-16(19)14(11)13/h1-5,10-14H,6-8H2,(H,17,18). The molecule has 104 valence electrons. The number of nitrogens with one attached hydrogen (secondary N) is 1. The predicted octanol–water partition coefficient (Wildman–Crippen LogP) is 1.50. The van der Waals surface area contributed by atoms with Crippen LogP contribution in [0.5, 0.6) is 0 Å². The SMILES string of the molecule is O=C(NCc1ccccc1)C1C2CC3OC(=O)C1C3C2. The maximum atomic E-state index is 12.4. The summed E-state index contributed by atoms with van der Waals surface area (Å²) in [6.07, 6.45) is 1.94. The van der Waals surface area contributed by atoms with Gasteiger partial charge in [-0.15, -0.1) is 0 Å². The third-order valence-electron chi connectivity index (χ3n) is 5.10. The van der Waals surface area contributed by atoms with Crippen LogP contribution in [0.3, 0.4) is 0 Å². The fourth-order valence-corrected chi connectivity index (χ4v) is 4.27. The fraction of sp³-hybridized carbons (Fsp3) is 0.500. The van der Waals surface area contributed by atoms with Crippen LogP contribution in [0, 0.1) is 23.7 Å². The smallest absolute Gasteiger partial charge is 0.310 e. The molecule has 1 heterocycles. The molecular weight excluding hydrogens is 254 g/mol. The summed E-state index contributed by atoms with van der Waals surface area (Å²) in [4.78, 5) is 24.3. The number of amides is 1. The van der Waals surface area contributed by atoms with Gasteiger partial charge < -0.3 is 10.1 Å². The molecule has 1 aromatic rings. The number of rotatable bonds is 3. The average molecular weight is 271 g/mol. The Kier molecular flexibility index (Phi) is 2.59. The summed E-state index contributed by atoms with van der Waals surface area (Å²) in [7, 11) is 0. The molecule has 4 heteroatoms. The van der Waals surface area contributed by atoms with Crippen molar-refractivity contribution >= 4 is 11.9 Å². The lowest BCUT2D eigenvalue weighted by Gasteiger charge is -2.23. The van der Waals surface area contributed by atoms with E-state index in [1.54, 1.807) is 0 Å². The molecule has 0 spiro atoms. The van der Waals surface area contributed by atoms with Crippen molar-refractivity contribution in [2.75, 3.05) is 0 Å². The van der Waals surface area contributed by atoms with Crippen molar-refractivity contribution in [3.8, 4) is 0 Å². The van der Waals surface area contributed by atoms with Gasteiger partial charge in [-0.3, -0.25) is 9.59 Å². The Balaban J connectivity index is 1.46. The van der Waals surface area contributed by atoms with Gasteiger partial charge >= 0.3 is 5.97 Å². The first-order valence-corrected chi connectivity index (χ1v) is 7.26. The first-order valence-electron chi connectivity index (χ1n) is 7.26. The maximum absolute atomic E-state index is 12.4. The Bertz CT molecular complexity index is 554. The van der Waals surface area contributed by atoms with Gasteiger partial charge in [-0.25, -0.2) is 0 Å². The molecule has 1 saturated heterocycles. The number of hydrogen-bond donors (Lipinski definition) is 1. The minimum atomic E-state index is -0.186. The van der Waals surface area contributed by atoms with Crippen LogP contribution in [0.2, 0.25) is 0 Å². The van der Waals surface area contributed by atoms with E-state index in [0.717, 1.165) is 18.4 Å². The quantitative estimate of drug-likeness (QED) is 0.848. The lowest BCUT2D eigenvalue weighted by Crippen LogP contribution is -2.39. The molecule has 2 bridgehead atoms. The molecule has 0 radical (unpaired) electrons. The minimum absolute atomic E-state index is 0.0173. The Morgan fingerprint density at radius 2 is 2.05 bits per heavy atom. The summed E-state index contributed by atoms with van der Waals surface area (Å²) in [5, 5.41) is 2.98. The van der Waals surface area contributed by atoms with E-state index in [9.17, 15) is 9.59 Å². The highest BCUT2D eigenvalue weighted by molar-refractivity contribution is 5.88. The van der Waals surface area contributed by atoms with Crippen LogP contribution in [0.25, 0.3) is 0 Å². The van der Waals surface area contributed by atoms with Gasteiger partial charge in [0.25, 0.3) is 0 Å². The highest BCUT2D eigenvalue weighted by Gasteiger charge is 2.63. The summed E-state index contributed by atoms with van der Waals surface area (Å²) in [5.41, 5.74) is 1.08. The lowest BCUT2D eigenvalue weighted by atomic mass is 9.79. The molecule has 3 fully saturated rings. The van der Waals surface area contributed by atoms with Gasteiger partial charge in [0.1, 0.15) is 6.10 Å². The van der Waals surface area contributed by atoms with Crippen molar-refractivity contribution in [2.45, 2.75) is 25.5 Å². The van der Waals surface area contributed by atoms with E-state index in [1.165, 1.54) is 0 Å². The van der Waals surface area contributed by atoms with Gasteiger partial charge in [-0.1, -0.05) is 30.3 Å². The first kappa shape index (κ1) is 11.9. The topological polar surface area (TPSA) is 55.4 Å². The molecule has 2 saturated carbocycles. The molecule has 1 amide bonds. The van der Waals surface area contributed by atoms with Gasteiger partial charge in [-0.05, 0) is 24.3 Å². The normalized spacial score (nSPS) is 37.0. The monoisotopic (exact) mass is 271 g/mol. The van der Waals surface area contributed by atoms with Crippen molar-refractivity contribution in [1.82, 2.24) is 5.32 Å². The summed E-state index contributed by atoms with van der Waals surface area (Å²) < 4.78 is 5.36. The number of fused-ring (bicyclic) bond motifs is 1. The molecule has 0 aromatic heterocycles. The number of ether oxygens (including phenoxy) is 1. The zero-order valence-electron chi connectivity index (χ0n) is 11.1. The van der Waals surface area contributed by atoms with Crippen molar-refractivity contribution in [3.63, 3.8) is 0 Å². The minimum Gasteiger partial charge on any atom is -0.462 e. The highest BCUT2D eigenvalue weighted by Crippen LogP contribution is 2.57. The van der Waals surface area contributed by atoms with Crippen LogP contribution in [0.4, 0.5) is 0 Å². The predicted molar refractivity (Wildman–Crippen MR) is 71.4 cm³/mol. The van der Waals surface area contributed by atoms with Gasteiger partial charge in [0.2, 0.25) is 5.91 Å². The number of esters is 1. The van der Waals surface area contributed by atoms with Crippen LogP contribution < -0.4 is 5.32 Å². The molecule has 1 aromatic carbocycles. The number of carbonyl (C=O) groups excluding carboxylic acids is 2. The number of benzene rings is 1. The van der Waals surface area contributed by atoms with Crippen LogP contribution in [0.1, 0.15) is 18.4 Å². The molecule has 3 aliphatic rings. The zero-order valence-corrected chi connectivity index (χ0v) is 11.1. The van der Waals surface area contributed by atoms with E-state index in [1.807, 2.05) is 30.3 Å². The van der Waals surface area contributed by atoms with Gasteiger partial charge in [-0.2, -0.15) is 0 Å². The molecular formula is C16H17NO3. The Labute approximate surface area is 117 Å². The van der Waals surface area contributed by atoms with Gasteiger partial charge in [0, 0.05) is 12.5 Å². The Morgan fingerprint density at radius 3 is 2.85 bits per heavy atom. The number of carbonyl (C=O) groups is 2. The van der Waals surface area contributed by atoms with Gasteiger partial charge in [0.05, 0.1) is 11.8 Å². The zero-order chi connectivity index (χ0) is 13.7. The molecule has 4 nitrogen and oxygen atoms in total. The average Bonchev–Trinajstić information content (AvgIpc) is 3.07. The largest absolute Gasteiger partial charge is 0.462 e. The van der Waals surface area contributed by atoms with Crippen molar-refractivity contribution in [3.05, 3.63) is 35.9 Å². The second-order valence-corrected chi connectivity index (χ2v) is 6.13. The molecule has 2 aliphatic carbocycles. The van der Waals surface area contributed by atoms with E-state index < -0.39 is 0 Å². The molecule has 1 N–H and O–H groups in total. The third-order valence-corrected chi connectivity index (χ3v) is 5.10. The van der Waals surface area contributed by atoms with Crippen molar-refractivity contribution in [1.29, 1.82) is 0 Å². The molecule has 5 atom stereocenters. The first-order chi connectivity index (χ1) is 9.74. The molecule has 4 rings (SSSR count). The van der Waals surface area contributed by atoms with E-state index in [4.69, 9.17) is 4.74 Å². The van der Waals surface area contributed by atoms with E-state index in [2.05, 4.69) is 5.32 Å². The maximum Gasteiger partial charge on any atom is 0.310 e. The molecule has 20 heavy (non-hydrogen) atoms. The van der Waals surface area contributed by atoms with Gasteiger partial charge in [0.15, 0.2) is 0 Å². The Hall–Kier alpha value is -1.84. The second kappa shape index (κ2) is 4.33. The second-order valence-electron chi connectivity index (χ2n) is 6.13. The van der Waals surface area contributed by atoms with E-state index in [0.29, 0.717) is 18.4 Å².